The van der Waals surface area contributed by atoms with Crippen LogP contribution in [0.4, 0.5) is 0 Å². The van der Waals surface area contributed by atoms with E-state index in [0.29, 0.717) is 0 Å². The van der Waals surface area contributed by atoms with Gasteiger partial charge in [-0.25, -0.2) is 0 Å². The van der Waals surface area contributed by atoms with Crippen LogP contribution in [0.25, 0.3) is 0 Å². The van der Waals surface area contributed by atoms with Crippen molar-refractivity contribution in [2.45, 2.75) is 58.7 Å². The van der Waals surface area contributed by atoms with E-state index in [2.05, 4.69) is 0 Å². The Kier molecular flexibility index (Phi) is 6.08. The zero-order chi connectivity index (χ0) is 17.8. The van der Waals surface area contributed by atoms with Gasteiger partial charge in [-0.05, 0) is 6.92 Å². The Balaban J connectivity index is 3.12. The monoisotopic (exact) mass is 332 g/mol. The topological polar surface area (TPSA) is 114 Å². The molecule has 1 fully saturated rings. The van der Waals surface area contributed by atoms with Crippen LogP contribution in [0.5, 0.6) is 0 Å². The number of esters is 4. The molecule has 9 heteroatoms. The smallest absolute Gasteiger partial charge is 0.305 e. The summed E-state index contributed by atoms with van der Waals surface area (Å²) in [6.07, 6.45) is -3.47. The maximum atomic E-state index is 11.4. The first-order valence-corrected chi connectivity index (χ1v) is 6.89. The Morgan fingerprint density at radius 1 is 0.913 bits per heavy atom. The van der Waals surface area contributed by atoms with Gasteiger partial charge in [0.15, 0.2) is 5.60 Å². The van der Waals surface area contributed by atoms with E-state index in [0.717, 1.165) is 20.8 Å². The predicted octanol–water partition coefficient (Wildman–Crippen LogP) is 0.0910. The molecule has 4 atom stereocenters. The zero-order valence-corrected chi connectivity index (χ0v) is 13.6. The molecule has 0 amide bonds. The van der Waals surface area contributed by atoms with Crippen LogP contribution >= 0.6 is 0 Å². The molecule has 130 valence electrons. The minimum Gasteiger partial charge on any atom is -0.463 e. The molecule has 0 aliphatic carbocycles. The molecule has 1 saturated heterocycles. The summed E-state index contributed by atoms with van der Waals surface area (Å²) in [6, 6.07) is 0. The molecule has 1 heterocycles. The minimum atomic E-state index is -1.49. The van der Waals surface area contributed by atoms with Crippen molar-refractivity contribution in [2.75, 3.05) is 6.61 Å². The molecule has 0 saturated carbocycles. The molecule has 0 aromatic carbocycles. The highest BCUT2D eigenvalue weighted by molar-refractivity contribution is 5.69. The molecule has 1 unspecified atom stereocenters. The van der Waals surface area contributed by atoms with Crippen molar-refractivity contribution in [1.82, 2.24) is 0 Å². The van der Waals surface area contributed by atoms with Crippen LogP contribution in [0.1, 0.15) is 34.6 Å². The van der Waals surface area contributed by atoms with Crippen molar-refractivity contribution < 1.29 is 42.9 Å². The van der Waals surface area contributed by atoms with E-state index < -0.39 is 48.0 Å². The van der Waals surface area contributed by atoms with E-state index in [1.807, 2.05) is 0 Å². The third-order valence-corrected chi connectivity index (χ3v) is 3.13. The molecule has 0 radical (unpaired) electrons. The second-order valence-electron chi connectivity index (χ2n) is 5.21. The Morgan fingerprint density at radius 2 is 1.48 bits per heavy atom. The average molecular weight is 332 g/mol. The maximum Gasteiger partial charge on any atom is 0.305 e. The molecule has 1 aliphatic rings. The number of carbonyl (C=O) groups is 4. The highest BCUT2D eigenvalue weighted by Gasteiger charge is 2.60. The van der Waals surface area contributed by atoms with E-state index in [9.17, 15) is 19.2 Å². The Morgan fingerprint density at radius 3 is 1.91 bits per heavy atom. The van der Waals surface area contributed by atoms with E-state index in [4.69, 9.17) is 23.7 Å². The van der Waals surface area contributed by atoms with Crippen LogP contribution in [-0.2, 0) is 42.9 Å². The summed E-state index contributed by atoms with van der Waals surface area (Å²) in [7, 11) is 0. The van der Waals surface area contributed by atoms with Gasteiger partial charge in [0, 0.05) is 27.7 Å². The zero-order valence-electron chi connectivity index (χ0n) is 13.6. The van der Waals surface area contributed by atoms with Gasteiger partial charge in [0.25, 0.3) is 0 Å². The first-order chi connectivity index (χ1) is 10.6. The second-order valence-corrected chi connectivity index (χ2v) is 5.21. The fourth-order valence-corrected chi connectivity index (χ4v) is 2.26. The van der Waals surface area contributed by atoms with Crippen LogP contribution in [0.15, 0.2) is 0 Å². The summed E-state index contributed by atoms with van der Waals surface area (Å²) < 4.78 is 25.7. The first-order valence-electron chi connectivity index (χ1n) is 6.89. The van der Waals surface area contributed by atoms with Crippen LogP contribution in [0.2, 0.25) is 0 Å². The second kappa shape index (κ2) is 7.40. The summed E-state index contributed by atoms with van der Waals surface area (Å²) in [5.41, 5.74) is -1.49. The molecule has 9 nitrogen and oxygen atoms in total. The van der Waals surface area contributed by atoms with Crippen LogP contribution < -0.4 is 0 Å². The highest BCUT2D eigenvalue weighted by atomic mass is 16.8. The highest BCUT2D eigenvalue weighted by Crippen LogP contribution is 2.37. The molecule has 1 aliphatic heterocycles. The van der Waals surface area contributed by atoms with Crippen molar-refractivity contribution in [1.29, 1.82) is 0 Å². The third kappa shape index (κ3) is 4.92. The summed E-state index contributed by atoms with van der Waals surface area (Å²) in [5.74, 6) is -2.59. The summed E-state index contributed by atoms with van der Waals surface area (Å²) in [4.78, 5) is 44.9. The van der Waals surface area contributed by atoms with Crippen molar-refractivity contribution in [3.8, 4) is 0 Å². The summed E-state index contributed by atoms with van der Waals surface area (Å²) >= 11 is 0. The van der Waals surface area contributed by atoms with E-state index in [1.165, 1.54) is 13.8 Å². The van der Waals surface area contributed by atoms with E-state index in [1.54, 1.807) is 0 Å². The van der Waals surface area contributed by atoms with Gasteiger partial charge in [0.05, 0.1) is 0 Å². The molecular formula is C14H20O9. The normalized spacial score (nSPS) is 29.5. The van der Waals surface area contributed by atoms with Crippen LogP contribution in [0, 0.1) is 0 Å². The number of hydrogen-bond acceptors (Lipinski definition) is 9. The Hall–Kier alpha value is -2.16. The lowest BCUT2D eigenvalue weighted by atomic mass is 9.94. The number of carbonyl (C=O) groups excluding carboxylic acids is 4. The van der Waals surface area contributed by atoms with Gasteiger partial charge >= 0.3 is 23.9 Å². The van der Waals surface area contributed by atoms with Gasteiger partial charge in [-0.1, -0.05) is 0 Å². The van der Waals surface area contributed by atoms with Crippen LogP contribution in [0.3, 0.4) is 0 Å². The predicted molar refractivity (Wildman–Crippen MR) is 72.8 cm³/mol. The first kappa shape index (κ1) is 18.9. The average Bonchev–Trinajstić information content (AvgIpc) is 2.59. The molecule has 23 heavy (non-hydrogen) atoms. The standard InChI is InChI=1S/C14H20O9/c1-7(15)19-6-11-14(5,23-10(4)18)12(20-8(2)16)13(22-11)21-9(3)17/h11-13H,6H2,1-5H3/t11-,12+,13?,14-/m1/s1. The summed E-state index contributed by atoms with van der Waals surface area (Å²) in [5, 5.41) is 0. The Bertz CT molecular complexity index is 500. The number of hydrogen-bond donors (Lipinski definition) is 0. The molecule has 1 rings (SSSR count). The fourth-order valence-electron chi connectivity index (χ4n) is 2.26. The van der Waals surface area contributed by atoms with Crippen LogP contribution in [-0.4, -0.2) is 54.6 Å². The third-order valence-electron chi connectivity index (χ3n) is 3.13. The molecule has 0 aromatic rings. The van der Waals surface area contributed by atoms with E-state index >= 15 is 0 Å². The molecule has 0 bridgehead atoms. The molecule has 0 N–H and O–H groups in total. The SMILES string of the molecule is CC(=O)OC[C@H]1OC(OC(C)=O)[C@H](OC(C)=O)[C@]1(C)OC(C)=O. The lowest BCUT2D eigenvalue weighted by molar-refractivity contribution is -0.199. The lowest BCUT2D eigenvalue weighted by Gasteiger charge is -2.32. The fraction of sp³-hybridized carbons (Fsp3) is 0.714. The van der Waals surface area contributed by atoms with Crippen molar-refractivity contribution in [2.24, 2.45) is 0 Å². The van der Waals surface area contributed by atoms with Gasteiger partial charge in [0.1, 0.15) is 12.7 Å². The Labute approximate surface area is 133 Å². The van der Waals surface area contributed by atoms with Gasteiger partial charge in [-0.2, -0.15) is 0 Å². The minimum absolute atomic E-state index is 0.269. The van der Waals surface area contributed by atoms with Crippen molar-refractivity contribution in [3.63, 3.8) is 0 Å². The van der Waals surface area contributed by atoms with Gasteiger partial charge in [0.2, 0.25) is 12.4 Å². The van der Waals surface area contributed by atoms with Gasteiger partial charge in [-0.15, -0.1) is 0 Å². The van der Waals surface area contributed by atoms with Gasteiger partial charge in [-0.3, -0.25) is 19.2 Å². The molecular weight excluding hydrogens is 312 g/mol. The van der Waals surface area contributed by atoms with Gasteiger partial charge < -0.3 is 23.7 Å². The van der Waals surface area contributed by atoms with Crippen molar-refractivity contribution >= 4 is 23.9 Å². The molecule has 0 aromatic heterocycles. The van der Waals surface area contributed by atoms with E-state index in [-0.39, 0.29) is 6.61 Å². The quantitative estimate of drug-likeness (QED) is 0.510. The maximum absolute atomic E-state index is 11.4. The number of ether oxygens (including phenoxy) is 5. The molecule has 0 spiro atoms. The number of rotatable bonds is 5. The summed E-state index contributed by atoms with van der Waals surface area (Å²) in [6.45, 7) is 5.84. The largest absolute Gasteiger partial charge is 0.463 e. The van der Waals surface area contributed by atoms with Crippen molar-refractivity contribution in [3.05, 3.63) is 0 Å². The lowest BCUT2D eigenvalue weighted by Crippen LogP contribution is -2.52.